The van der Waals surface area contributed by atoms with E-state index < -0.39 is 11.6 Å². The first-order chi connectivity index (χ1) is 17.0. The standard InChI is InChI=1S/C30H37F3O2/c1-3-34-25-15-11-22(12-16-25)26-17-13-23(29(32)30(26)33)10-7-20-5-8-21(9-6-20)24-14-18-28(35-4-2)27(31)19-24/h7,10,13-14,17-22,25H,3-6,8-9,11-12,15-16H2,1-2H3/b10-7+. The topological polar surface area (TPSA) is 18.5 Å². The normalized spacial score (nSPS) is 25.2. The zero-order chi connectivity index (χ0) is 24.8. The lowest BCUT2D eigenvalue weighted by molar-refractivity contribution is 0.0325. The second-order valence-corrected chi connectivity index (χ2v) is 9.89. The molecule has 0 bridgehead atoms. The molecule has 0 saturated heterocycles. The van der Waals surface area contributed by atoms with Gasteiger partial charge in [0.05, 0.1) is 12.7 Å². The van der Waals surface area contributed by atoms with Gasteiger partial charge in [-0.25, -0.2) is 13.2 Å². The molecule has 2 aliphatic carbocycles. The highest BCUT2D eigenvalue weighted by atomic mass is 19.2. The molecule has 2 fully saturated rings. The Bertz CT molecular complexity index is 1000. The number of allylic oxidation sites excluding steroid dienone is 1. The zero-order valence-corrected chi connectivity index (χ0v) is 20.9. The van der Waals surface area contributed by atoms with E-state index in [1.54, 1.807) is 30.3 Å². The molecule has 2 aliphatic rings. The van der Waals surface area contributed by atoms with E-state index >= 15 is 0 Å². The molecule has 0 atom stereocenters. The molecule has 0 unspecified atom stereocenters. The summed E-state index contributed by atoms with van der Waals surface area (Å²) in [6.07, 6.45) is 11.2. The minimum atomic E-state index is -0.746. The summed E-state index contributed by atoms with van der Waals surface area (Å²) in [5.74, 6) is -0.772. The van der Waals surface area contributed by atoms with Gasteiger partial charge < -0.3 is 9.47 Å². The van der Waals surface area contributed by atoms with Gasteiger partial charge in [-0.1, -0.05) is 30.4 Å². The van der Waals surface area contributed by atoms with Crippen molar-refractivity contribution in [3.8, 4) is 5.75 Å². The maximum atomic E-state index is 14.9. The van der Waals surface area contributed by atoms with E-state index in [0.29, 0.717) is 41.9 Å². The average Bonchev–Trinajstić information content (AvgIpc) is 2.87. The van der Waals surface area contributed by atoms with Crippen LogP contribution in [0.25, 0.3) is 6.08 Å². The monoisotopic (exact) mass is 486 g/mol. The minimum Gasteiger partial charge on any atom is -0.491 e. The van der Waals surface area contributed by atoms with Gasteiger partial charge in [0.15, 0.2) is 23.2 Å². The maximum absolute atomic E-state index is 14.9. The molecule has 2 nitrogen and oxygen atoms in total. The fourth-order valence-electron chi connectivity index (χ4n) is 5.73. The Labute approximate surface area is 207 Å². The molecule has 4 rings (SSSR count). The maximum Gasteiger partial charge on any atom is 0.166 e. The van der Waals surface area contributed by atoms with Crippen LogP contribution in [0.3, 0.4) is 0 Å². The Hall–Kier alpha value is -2.27. The quantitative estimate of drug-likeness (QED) is 0.372. The van der Waals surface area contributed by atoms with Crippen LogP contribution < -0.4 is 4.74 Å². The van der Waals surface area contributed by atoms with Crippen molar-refractivity contribution in [3.63, 3.8) is 0 Å². The summed E-state index contributed by atoms with van der Waals surface area (Å²) in [6.45, 7) is 4.96. The molecule has 5 heteroatoms. The Morgan fingerprint density at radius 3 is 2.17 bits per heavy atom. The predicted octanol–water partition coefficient (Wildman–Crippen LogP) is 8.55. The lowest BCUT2D eigenvalue weighted by Gasteiger charge is -2.29. The second kappa shape index (κ2) is 12.1. The zero-order valence-electron chi connectivity index (χ0n) is 20.9. The number of benzene rings is 2. The molecule has 0 aromatic heterocycles. The van der Waals surface area contributed by atoms with Crippen LogP contribution in [0.2, 0.25) is 0 Å². The summed E-state index contributed by atoms with van der Waals surface area (Å²) in [4.78, 5) is 0. The van der Waals surface area contributed by atoms with E-state index in [2.05, 4.69) is 0 Å². The molecule has 0 aliphatic heterocycles. The van der Waals surface area contributed by atoms with Gasteiger partial charge in [0.1, 0.15) is 0 Å². The molecular formula is C30H37F3O2. The van der Waals surface area contributed by atoms with Crippen molar-refractivity contribution in [2.24, 2.45) is 5.92 Å². The number of ether oxygens (including phenoxy) is 2. The van der Waals surface area contributed by atoms with Crippen molar-refractivity contribution in [1.82, 2.24) is 0 Å². The molecule has 190 valence electrons. The number of hydrogen-bond acceptors (Lipinski definition) is 2. The Kier molecular flexibility index (Phi) is 8.94. The first-order valence-corrected chi connectivity index (χ1v) is 13.2. The predicted molar refractivity (Wildman–Crippen MR) is 134 cm³/mol. The van der Waals surface area contributed by atoms with Crippen molar-refractivity contribution < 1.29 is 22.6 Å². The van der Waals surface area contributed by atoms with Gasteiger partial charge >= 0.3 is 0 Å². The van der Waals surface area contributed by atoms with E-state index in [4.69, 9.17) is 9.47 Å². The van der Waals surface area contributed by atoms with E-state index in [0.717, 1.165) is 56.9 Å². The van der Waals surface area contributed by atoms with Gasteiger partial charge in [-0.05, 0) is 106 Å². The van der Waals surface area contributed by atoms with Crippen LogP contribution in [-0.2, 0) is 4.74 Å². The molecule has 2 aromatic carbocycles. The third-order valence-electron chi connectivity index (χ3n) is 7.71. The summed E-state index contributed by atoms with van der Waals surface area (Å²) in [6, 6.07) is 8.74. The van der Waals surface area contributed by atoms with Crippen LogP contribution in [0.1, 0.15) is 93.7 Å². The van der Waals surface area contributed by atoms with Gasteiger partial charge in [0.25, 0.3) is 0 Å². The fourth-order valence-corrected chi connectivity index (χ4v) is 5.73. The van der Waals surface area contributed by atoms with Crippen molar-refractivity contribution in [3.05, 3.63) is 70.5 Å². The number of halogens is 3. The molecule has 0 spiro atoms. The number of rotatable bonds is 8. The minimum absolute atomic E-state index is 0.0574. The van der Waals surface area contributed by atoms with Gasteiger partial charge in [0.2, 0.25) is 0 Å². The molecule has 2 saturated carbocycles. The van der Waals surface area contributed by atoms with Crippen molar-refractivity contribution in [1.29, 1.82) is 0 Å². The Balaban J connectivity index is 1.33. The Morgan fingerprint density at radius 1 is 0.800 bits per heavy atom. The molecule has 0 amide bonds. The number of hydrogen-bond donors (Lipinski definition) is 0. The first-order valence-electron chi connectivity index (χ1n) is 13.2. The first kappa shape index (κ1) is 25.8. The third-order valence-corrected chi connectivity index (χ3v) is 7.71. The van der Waals surface area contributed by atoms with Gasteiger partial charge in [0, 0.05) is 12.2 Å². The van der Waals surface area contributed by atoms with Crippen LogP contribution in [0.5, 0.6) is 5.75 Å². The van der Waals surface area contributed by atoms with Crippen LogP contribution in [0, 0.1) is 23.4 Å². The van der Waals surface area contributed by atoms with Crippen LogP contribution >= 0.6 is 0 Å². The van der Waals surface area contributed by atoms with Gasteiger partial charge in [-0.15, -0.1) is 0 Å². The van der Waals surface area contributed by atoms with Crippen LogP contribution in [-0.4, -0.2) is 19.3 Å². The summed E-state index contributed by atoms with van der Waals surface area (Å²) in [7, 11) is 0. The Morgan fingerprint density at radius 2 is 1.51 bits per heavy atom. The summed E-state index contributed by atoms with van der Waals surface area (Å²) >= 11 is 0. The fraction of sp³-hybridized carbons (Fsp3) is 0.533. The van der Waals surface area contributed by atoms with Crippen LogP contribution in [0.4, 0.5) is 13.2 Å². The van der Waals surface area contributed by atoms with Crippen LogP contribution in [0.15, 0.2) is 36.4 Å². The highest BCUT2D eigenvalue weighted by Crippen LogP contribution is 2.39. The molecule has 2 aromatic rings. The molecule has 0 N–H and O–H groups in total. The van der Waals surface area contributed by atoms with E-state index in [1.165, 1.54) is 0 Å². The molecule has 35 heavy (non-hydrogen) atoms. The second-order valence-electron chi connectivity index (χ2n) is 9.89. The average molecular weight is 487 g/mol. The lowest BCUT2D eigenvalue weighted by atomic mass is 9.78. The molecule has 0 heterocycles. The third kappa shape index (κ3) is 6.30. The summed E-state index contributed by atoms with van der Waals surface area (Å²) in [5, 5.41) is 0. The largest absolute Gasteiger partial charge is 0.491 e. The molecular weight excluding hydrogens is 449 g/mol. The van der Waals surface area contributed by atoms with E-state index in [9.17, 15) is 13.2 Å². The highest BCUT2D eigenvalue weighted by molar-refractivity contribution is 5.52. The SMILES string of the molecule is CCOc1ccc(C2CCC(/C=C/c3ccc(C4CCC(OCC)CC4)c(F)c3F)CC2)cc1F. The summed E-state index contributed by atoms with van der Waals surface area (Å²) < 4.78 is 55.0. The van der Waals surface area contributed by atoms with E-state index in [1.807, 2.05) is 26.0 Å². The smallest absolute Gasteiger partial charge is 0.166 e. The highest BCUT2D eigenvalue weighted by Gasteiger charge is 2.27. The summed E-state index contributed by atoms with van der Waals surface area (Å²) in [5.41, 5.74) is 1.81. The molecule has 0 radical (unpaired) electrons. The van der Waals surface area contributed by atoms with Crippen molar-refractivity contribution >= 4 is 6.08 Å². The van der Waals surface area contributed by atoms with Crippen molar-refractivity contribution in [2.45, 2.75) is 83.2 Å². The van der Waals surface area contributed by atoms with Gasteiger partial charge in [-0.3, -0.25) is 0 Å². The van der Waals surface area contributed by atoms with Gasteiger partial charge in [-0.2, -0.15) is 0 Å². The lowest BCUT2D eigenvalue weighted by Crippen LogP contribution is -2.21. The van der Waals surface area contributed by atoms with E-state index in [-0.39, 0.29) is 17.8 Å². The van der Waals surface area contributed by atoms with Crippen molar-refractivity contribution in [2.75, 3.05) is 13.2 Å².